The molecule has 0 saturated carbocycles. The summed E-state index contributed by atoms with van der Waals surface area (Å²) >= 11 is 0. The van der Waals surface area contributed by atoms with Crippen molar-refractivity contribution in [3.05, 3.63) is 0 Å². The largest absolute Gasteiger partial charge is 0.378 e. The van der Waals surface area contributed by atoms with Gasteiger partial charge >= 0.3 is 0 Å². The van der Waals surface area contributed by atoms with E-state index in [1.54, 1.807) is 0 Å². The van der Waals surface area contributed by atoms with Crippen molar-refractivity contribution in [2.24, 2.45) is 11.8 Å². The molecule has 0 N–H and O–H groups in total. The van der Waals surface area contributed by atoms with Crippen LogP contribution in [0, 0.1) is 11.8 Å². The molecule has 0 aromatic heterocycles. The number of hydrogen-bond donors (Lipinski definition) is 0. The lowest BCUT2D eigenvalue weighted by Gasteiger charge is -2.30. The van der Waals surface area contributed by atoms with E-state index in [-0.39, 0.29) is 0 Å². The van der Waals surface area contributed by atoms with Gasteiger partial charge in [0, 0.05) is 13.2 Å². The molecule has 94 valence electrons. The minimum absolute atomic E-state index is 0.513. The van der Waals surface area contributed by atoms with E-state index in [0.29, 0.717) is 12.2 Å². The molecule has 0 bridgehead atoms. The van der Waals surface area contributed by atoms with Crippen LogP contribution in [0.4, 0.5) is 0 Å². The zero-order valence-electron chi connectivity index (χ0n) is 10.8. The third kappa shape index (κ3) is 3.74. The Labute approximate surface area is 99.7 Å². The van der Waals surface area contributed by atoms with E-state index in [1.807, 2.05) is 0 Å². The summed E-state index contributed by atoms with van der Waals surface area (Å²) in [7, 11) is 0. The van der Waals surface area contributed by atoms with Gasteiger partial charge in [-0.05, 0) is 50.4 Å². The lowest BCUT2D eigenvalue weighted by molar-refractivity contribution is -0.0452. The van der Waals surface area contributed by atoms with Crippen LogP contribution >= 0.6 is 0 Å². The molecule has 0 aromatic rings. The molecule has 2 rings (SSSR count). The molecule has 2 heterocycles. The molecule has 2 aliphatic heterocycles. The van der Waals surface area contributed by atoms with E-state index >= 15 is 0 Å². The highest BCUT2D eigenvalue weighted by molar-refractivity contribution is 4.72. The van der Waals surface area contributed by atoms with Crippen LogP contribution in [0.1, 0.15) is 52.4 Å². The first kappa shape index (κ1) is 12.4. The Morgan fingerprint density at radius 3 is 1.50 bits per heavy atom. The van der Waals surface area contributed by atoms with Gasteiger partial charge in [-0.3, -0.25) is 0 Å². The molecular formula is C14H26O2. The van der Waals surface area contributed by atoms with Crippen LogP contribution in [0.3, 0.4) is 0 Å². The Bertz CT molecular complexity index is 167. The fourth-order valence-corrected chi connectivity index (χ4v) is 2.70. The second-order valence-corrected chi connectivity index (χ2v) is 5.85. The van der Waals surface area contributed by atoms with Crippen molar-refractivity contribution >= 4 is 0 Å². The molecule has 4 atom stereocenters. The average molecular weight is 226 g/mol. The van der Waals surface area contributed by atoms with E-state index in [1.165, 1.54) is 38.5 Å². The highest BCUT2D eigenvalue weighted by Crippen LogP contribution is 2.25. The van der Waals surface area contributed by atoms with Crippen LogP contribution in [0.5, 0.6) is 0 Å². The first-order valence-electron chi connectivity index (χ1n) is 6.97. The summed E-state index contributed by atoms with van der Waals surface area (Å²) in [5.41, 5.74) is 0. The fraction of sp³-hybridized carbons (Fsp3) is 1.00. The lowest BCUT2D eigenvalue weighted by atomic mass is 9.94. The predicted molar refractivity (Wildman–Crippen MR) is 65.5 cm³/mol. The van der Waals surface area contributed by atoms with Crippen molar-refractivity contribution in [1.82, 2.24) is 0 Å². The van der Waals surface area contributed by atoms with E-state index in [0.717, 1.165) is 25.0 Å². The summed E-state index contributed by atoms with van der Waals surface area (Å²) in [6, 6.07) is 0. The van der Waals surface area contributed by atoms with Crippen molar-refractivity contribution < 1.29 is 9.47 Å². The van der Waals surface area contributed by atoms with Gasteiger partial charge in [0.2, 0.25) is 0 Å². The maximum Gasteiger partial charge on any atom is 0.0576 e. The van der Waals surface area contributed by atoms with Crippen LogP contribution in [0.2, 0.25) is 0 Å². The maximum absolute atomic E-state index is 5.85. The van der Waals surface area contributed by atoms with E-state index in [9.17, 15) is 0 Å². The zero-order chi connectivity index (χ0) is 11.4. The minimum Gasteiger partial charge on any atom is -0.378 e. The maximum atomic E-state index is 5.85. The lowest BCUT2D eigenvalue weighted by Crippen LogP contribution is -2.28. The molecule has 2 nitrogen and oxygen atoms in total. The van der Waals surface area contributed by atoms with Crippen LogP contribution in [-0.2, 0) is 9.47 Å². The third-order valence-corrected chi connectivity index (χ3v) is 4.01. The van der Waals surface area contributed by atoms with Gasteiger partial charge in [-0.25, -0.2) is 0 Å². The molecule has 0 aliphatic carbocycles. The number of hydrogen-bond acceptors (Lipinski definition) is 2. The van der Waals surface area contributed by atoms with Crippen molar-refractivity contribution in [2.75, 3.05) is 13.2 Å². The monoisotopic (exact) mass is 226 g/mol. The molecule has 3 unspecified atom stereocenters. The quantitative estimate of drug-likeness (QED) is 0.734. The molecule has 0 spiro atoms. The van der Waals surface area contributed by atoms with Crippen molar-refractivity contribution in [3.63, 3.8) is 0 Å². The Morgan fingerprint density at radius 2 is 1.19 bits per heavy atom. The van der Waals surface area contributed by atoms with Gasteiger partial charge in [-0.1, -0.05) is 13.8 Å². The van der Waals surface area contributed by atoms with Gasteiger partial charge in [0.1, 0.15) is 0 Å². The highest BCUT2D eigenvalue weighted by atomic mass is 16.5. The Balaban J connectivity index is 1.60. The highest BCUT2D eigenvalue weighted by Gasteiger charge is 2.22. The molecule has 2 saturated heterocycles. The van der Waals surface area contributed by atoms with Gasteiger partial charge in [-0.2, -0.15) is 0 Å². The standard InChI is InChI=1S/C14H26O2/c1-11-3-5-13(15-9-11)7-8-14-6-4-12(2)10-16-14/h11-14H,3-10H2,1-2H3/t11?,12?,13-,14?/m1/s1. The summed E-state index contributed by atoms with van der Waals surface area (Å²) in [4.78, 5) is 0. The topological polar surface area (TPSA) is 18.5 Å². The predicted octanol–water partition coefficient (Wildman–Crippen LogP) is 3.40. The second kappa shape index (κ2) is 6.02. The van der Waals surface area contributed by atoms with Crippen LogP contribution in [-0.4, -0.2) is 25.4 Å². The van der Waals surface area contributed by atoms with E-state index in [4.69, 9.17) is 9.47 Å². The Morgan fingerprint density at radius 1 is 0.750 bits per heavy atom. The van der Waals surface area contributed by atoms with Crippen molar-refractivity contribution in [1.29, 1.82) is 0 Å². The smallest absolute Gasteiger partial charge is 0.0576 e. The third-order valence-electron chi connectivity index (χ3n) is 4.01. The van der Waals surface area contributed by atoms with Gasteiger partial charge in [0.25, 0.3) is 0 Å². The molecule has 2 aliphatic rings. The summed E-state index contributed by atoms with van der Waals surface area (Å²) < 4.78 is 11.7. The molecule has 0 amide bonds. The molecule has 2 fully saturated rings. The zero-order valence-corrected chi connectivity index (χ0v) is 10.8. The normalized spacial score (nSPS) is 40.9. The molecular weight excluding hydrogens is 200 g/mol. The van der Waals surface area contributed by atoms with E-state index < -0.39 is 0 Å². The van der Waals surface area contributed by atoms with Crippen LogP contribution < -0.4 is 0 Å². The first-order valence-corrected chi connectivity index (χ1v) is 6.97. The minimum atomic E-state index is 0.513. The average Bonchev–Trinajstić information content (AvgIpc) is 2.30. The molecule has 0 aromatic carbocycles. The van der Waals surface area contributed by atoms with E-state index in [2.05, 4.69) is 13.8 Å². The van der Waals surface area contributed by atoms with Crippen molar-refractivity contribution in [3.8, 4) is 0 Å². The number of rotatable bonds is 3. The Hall–Kier alpha value is -0.0800. The van der Waals surface area contributed by atoms with Gasteiger partial charge in [0.15, 0.2) is 0 Å². The van der Waals surface area contributed by atoms with Gasteiger partial charge < -0.3 is 9.47 Å². The second-order valence-electron chi connectivity index (χ2n) is 5.85. The molecule has 16 heavy (non-hydrogen) atoms. The summed E-state index contributed by atoms with van der Waals surface area (Å²) in [6.07, 6.45) is 8.62. The van der Waals surface area contributed by atoms with Gasteiger partial charge in [-0.15, -0.1) is 0 Å². The Kier molecular flexibility index (Phi) is 4.66. The number of ether oxygens (including phenoxy) is 2. The summed E-state index contributed by atoms with van der Waals surface area (Å²) in [6.45, 7) is 6.49. The first-order chi connectivity index (χ1) is 7.74. The SMILES string of the molecule is CC1CCC(CC[C@H]2CCC(C)CO2)OC1. The van der Waals surface area contributed by atoms with Crippen LogP contribution in [0.25, 0.3) is 0 Å². The summed E-state index contributed by atoms with van der Waals surface area (Å²) in [5, 5.41) is 0. The molecule has 0 radical (unpaired) electrons. The van der Waals surface area contributed by atoms with Crippen LogP contribution in [0.15, 0.2) is 0 Å². The molecule has 2 heteroatoms. The fourth-order valence-electron chi connectivity index (χ4n) is 2.70. The van der Waals surface area contributed by atoms with Crippen molar-refractivity contribution in [2.45, 2.75) is 64.6 Å². The summed E-state index contributed by atoms with van der Waals surface area (Å²) in [5.74, 6) is 1.53. The van der Waals surface area contributed by atoms with Gasteiger partial charge in [0.05, 0.1) is 12.2 Å².